The summed E-state index contributed by atoms with van der Waals surface area (Å²) < 4.78 is 11.7. The quantitative estimate of drug-likeness (QED) is 0.0284. The Morgan fingerprint density at radius 1 is 0.479 bits per heavy atom. The van der Waals surface area contributed by atoms with E-state index in [0.29, 0.717) is 18.1 Å². The zero-order valence-corrected chi connectivity index (χ0v) is 34.7. The largest absolute Gasteiger partial charge is 0.466 e. The molecule has 0 spiro atoms. The third-order valence-electron chi connectivity index (χ3n) is 10.4. The van der Waals surface area contributed by atoms with Gasteiger partial charge in [0.2, 0.25) is 0 Å². The number of hydrogen-bond acceptors (Lipinski definition) is 3. The average molecular weight is 691 g/mol. The van der Waals surface area contributed by atoms with Gasteiger partial charge in [-0.25, -0.2) is 0 Å². The summed E-state index contributed by atoms with van der Waals surface area (Å²) in [6.07, 6.45) is 47.6. The van der Waals surface area contributed by atoms with Gasteiger partial charge in [0.1, 0.15) is 0 Å². The average Bonchev–Trinajstić information content (AvgIpc) is 3.04. The molecule has 0 saturated heterocycles. The molecule has 0 fully saturated rings. The van der Waals surface area contributed by atoms with Gasteiger partial charge < -0.3 is 9.16 Å². The van der Waals surface area contributed by atoms with Gasteiger partial charge in [0.15, 0.2) is 8.32 Å². The van der Waals surface area contributed by atoms with Crippen molar-refractivity contribution in [1.29, 1.82) is 0 Å². The molecule has 0 aromatic carbocycles. The lowest BCUT2D eigenvalue weighted by Gasteiger charge is -2.36. The van der Waals surface area contributed by atoms with Crippen molar-refractivity contribution in [2.24, 2.45) is 0 Å². The summed E-state index contributed by atoms with van der Waals surface area (Å²) >= 11 is 0. The van der Waals surface area contributed by atoms with Gasteiger partial charge in [0, 0.05) is 13.0 Å². The second kappa shape index (κ2) is 34.6. The molecule has 0 aliphatic rings. The molecule has 4 heteroatoms. The van der Waals surface area contributed by atoms with E-state index in [0.717, 1.165) is 25.9 Å². The minimum atomic E-state index is -1.55. The van der Waals surface area contributed by atoms with Crippen LogP contribution in [0.15, 0.2) is 24.3 Å². The number of esters is 1. The fourth-order valence-electron chi connectivity index (χ4n) is 5.87. The summed E-state index contributed by atoms with van der Waals surface area (Å²) in [5.41, 5.74) is 0. The SMILES string of the molecule is CCCCCCCC/C=C\CCCCCCCC(=O)OCCCCCCC/C=C\CCCCCCCCCCCO[Si](C)(C)C(C)(C)C. The lowest BCUT2D eigenvalue weighted by atomic mass is 10.1. The fourth-order valence-corrected chi connectivity index (χ4v) is 6.96. The number of hydrogen-bond donors (Lipinski definition) is 0. The highest BCUT2D eigenvalue weighted by molar-refractivity contribution is 6.74. The highest BCUT2D eigenvalue weighted by Gasteiger charge is 2.36. The molecule has 48 heavy (non-hydrogen) atoms. The maximum Gasteiger partial charge on any atom is 0.305 e. The fraction of sp³-hybridized carbons (Fsp3) is 0.886. The van der Waals surface area contributed by atoms with Crippen LogP contribution in [-0.2, 0) is 14.0 Å². The van der Waals surface area contributed by atoms with Gasteiger partial charge in [-0.05, 0) is 88.8 Å². The van der Waals surface area contributed by atoms with Crippen molar-refractivity contribution >= 4 is 14.3 Å². The number of carbonyl (C=O) groups is 1. The van der Waals surface area contributed by atoms with Crippen LogP contribution >= 0.6 is 0 Å². The molecule has 0 rings (SSSR count). The minimum Gasteiger partial charge on any atom is -0.466 e. The third kappa shape index (κ3) is 33.6. The molecule has 284 valence electrons. The van der Waals surface area contributed by atoms with E-state index in [4.69, 9.17) is 9.16 Å². The van der Waals surface area contributed by atoms with E-state index >= 15 is 0 Å². The Balaban J connectivity index is 3.30. The number of ether oxygens (including phenoxy) is 1. The lowest BCUT2D eigenvalue weighted by molar-refractivity contribution is -0.143. The normalized spacial score (nSPS) is 12.5. The van der Waals surface area contributed by atoms with Gasteiger partial charge in [-0.1, -0.05) is 168 Å². The van der Waals surface area contributed by atoms with Crippen LogP contribution in [0.4, 0.5) is 0 Å². The second-order valence-electron chi connectivity index (χ2n) is 16.2. The van der Waals surface area contributed by atoms with Gasteiger partial charge in [-0.2, -0.15) is 0 Å². The first kappa shape index (κ1) is 47.1. The van der Waals surface area contributed by atoms with E-state index in [1.165, 1.54) is 167 Å². The molecular formula is C44H86O3Si. The van der Waals surface area contributed by atoms with E-state index in [2.05, 4.69) is 65.1 Å². The number of carbonyl (C=O) groups excluding carboxylic acids is 1. The summed E-state index contributed by atoms with van der Waals surface area (Å²) in [6.45, 7) is 15.5. The first-order chi connectivity index (χ1) is 23.2. The topological polar surface area (TPSA) is 35.5 Å². The highest BCUT2D eigenvalue weighted by atomic mass is 28.4. The molecule has 0 aromatic heterocycles. The lowest BCUT2D eigenvalue weighted by Crippen LogP contribution is -2.40. The van der Waals surface area contributed by atoms with E-state index in [9.17, 15) is 4.79 Å². The monoisotopic (exact) mass is 691 g/mol. The molecule has 0 radical (unpaired) electrons. The summed E-state index contributed by atoms with van der Waals surface area (Å²) in [7, 11) is -1.55. The van der Waals surface area contributed by atoms with Crippen LogP contribution in [0.1, 0.15) is 220 Å². The predicted octanol–water partition coefficient (Wildman–Crippen LogP) is 15.4. The Morgan fingerprint density at radius 2 is 0.812 bits per heavy atom. The summed E-state index contributed by atoms with van der Waals surface area (Å²) in [6, 6.07) is 0. The molecule has 0 aromatic rings. The van der Waals surface area contributed by atoms with Crippen LogP contribution in [-0.4, -0.2) is 27.5 Å². The smallest absolute Gasteiger partial charge is 0.305 e. The zero-order valence-electron chi connectivity index (χ0n) is 33.7. The van der Waals surface area contributed by atoms with E-state index < -0.39 is 8.32 Å². The molecule has 0 aliphatic heterocycles. The number of rotatable bonds is 36. The van der Waals surface area contributed by atoms with Crippen LogP contribution in [0, 0.1) is 0 Å². The van der Waals surface area contributed by atoms with Gasteiger partial charge in [-0.15, -0.1) is 0 Å². The minimum absolute atomic E-state index is 0.00639. The summed E-state index contributed by atoms with van der Waals surface area (Å²) in [5, 5.41) is 0.327. The van der Waals surface area contributed by atoms with E-state index in [1.807, 2.05) is 0 Å². The molecule has 0 unspecified atom stereocenters. The maximum atomic E-state index is 12.0. The standard InChI is InChI=1S/C44H86O3Si/c1-7-8-9-10-11-12-13-14-19-22-25-28-31-34-37-40-43(45)46-41-38-35-32-29-26-23-20-17-15-16-18-21-24-27-30-33-36-39-42-47-48(5,6)44(2,3)4/h14,17,19-20H,7-13,15-16,18,21-42H2,1-6H3/b19-14-,20-17-. The van der Waals surface area contributed by atoms with Gasteiger partial charge in [-0.3, -0.25) is 4.79 Å². The first-order valence-electron chi connectivity index (χ1n) is 21.3. The van der Waals surface area contributed by atoms with Crippen molar-refractivity contribution in [2.45, 2.75) is 238 Å². The molecule has 0 aliphatic carbocycles. The van der Waals surface area contributed by atoms with Gasteiger partial charge in [0.05, 0.1) is 6.61 Å². The zero-order chi connectivity index (χ0) is 35.4. The third-order valence-corrected chi connectivity index (χ3v) is 14.9. The van der Waals surface area contributed by atoms with Crippen molar-refractivity contribution in [2.75, 3.05) is 13.2 Å². The molecule has 0 bridgehead atoms. The Morgan fingerprint density at radius 3 is 1.21 bits per heavy atom. The first-order valence-corrected chi connectivity index (χ1v) is 24.2. The van der Waals surface area contributed by atoms with Crippen LogP contribution in [0.25, 0.3) is 0 Å². The predicted molar refractivity (Wildman–Crippen MR) is 217 cm³/mol. The van der Waals surface area contributed by atoms with E-state index in [-0.39, 0.29) is 5.97 Å². The highest BCUT2D eigenvalue weighted by Crippen LogP contribution is 2.36. The Labute approximate surface area is 303 Å². The number of unbranched alkanes of at least 4 members (excludes halogenated alkanes) is 25. The molecular weight excluding hydrogens is 605 g/mol. The van der Waals surface area contributed by atoms with Crippen LogP contribution in [0.3, 0.4) is 0 Å². The Hall–Kier alpha value is -0.873. The van der Waals surface area contributed by atoms with Gasteiger partial charge >= 0.3 is 5.97 Å². The molecule has 3 nitrogen and oxygen atoms in total. The van der Waals surface area contributed by atoms with Crippen LogP contribution < -0.4 is 0 Å². The molecule has 0 saturated carbocycles. The molecule has 0 N–H and O–H groups in total. The van der Waals surface area contributed by atoms with Crippen LogP contribution in [0.5, 0.6) is 0 Å². The van der Waals surface area contributed by atoms with Crippen molar-refractivity contribution in [3.63, 3.8) is 0 Å². The molecule has 0 heterocycles. The molecule has 0 amide bonds. The summed E-state index contributed by atoms with van der Waals surface area (Å²) in [4.78, 5) is 12.0. The van der Waals surface area contributed by atoms with E-state index in [1.54, 1.807) is 0 Å². The van der Waals surface area contributed by atoms with Crippen LogP contribution in [0.2, 0.25) is 18.1 Å². The number of allylic oxidation sites excluding steroid dienone is 4. The van der Waals surface area contributed by atoms with Crippen molar-refractivity contribution in [3.8, 4) is 0 Å². The Kier molecular flexibility index (Phi) is 33.9. The second-order valence-corrected chi connectivity index (χ2v) is 21.0. The summed E-state index contributed by atoms with van der Waals surface area (Å²) in [5.74, 6) is 0.00639. The van der Waals surface area contributed by atoms with Crippen molar-refractivity contribution in [3.05, 3.63) is 24.3 Å². The maximum absolute atomic E-state index is 12.0. The van der Waals surface area contributed by atoms with Crippen molar-refractivity contribution < 1.29 is 14.0 Å². The van der Waals surface area contributed by atoms with Crippen molar-refractivity contribution in [1.82, 2.24) is 0 Å². The Bertz CT molecular complexity index is 736. The molecule has 0 atom stereocenters. The van der Waals surface area contributed by atoms with Gasteiger partial charge in [0.25, 0.3) is 0 Å².